The minimum Gasteiger partial charge on any atom is -0.455 e. The Balaban J connectivity index is 1.01. The molecule has 278 valence electrons. The number of rotatable bonds is 5. The lowest BCUT2D eigenvalue weighted by molar-refractivity contribution is 0.660. The number of aromatic nitrogens is 4. The molecule has 8 aromatic carbocycles. The van der Waals surface area contributed by atoms with Gasteiger partial charge in [0, 0.05) is 54.9 Å². The van der Waals surface area contributed by atoms with Gasteiger partial charge in [-0.25, -0.2) is 15.0 Å². The van der Waals surface area contributed by atoms with E-state index in [0.717, 1.165) is 77.2 Å². The van der Waals surface area contributed by atoms with E-state index in [4.69, 9.17) is 19.4 Å². The summed E-state index contributed by atoms with van der Waals surface area (Å²) in [6, 6.07) is 64.2. The summed E-state index contributed by atoms with van der Waals surface area (Å²) in [4.78, 5) is 15.5. The van der Waals surface area contributed by atoms with Gasteiger partial charge < -0.3 is 8.98 Å². The summed E-state index contributed by atoms with van der Waals surface area (Å²) < 4.78 is 8.91. The first-order chi connectivity index (χ1) is 29.0. The molecule has 1 aliphatic rings. The van der Waals surface area contributed by atoms with E-state index in [0.29, 0.717) is 17.5 Å². The summed E-state index contributed by atoms with van der Waals surface area (Å²) in [5.41, 5.74) is 15.2. The monoisotopic (exact) mass is 756 g/mol. The molecule has 5 heteroatoms. The van der Waals surface area contributed by atoms with Crippen molar-refractivity contribution in [3.63, 3.8) is 0 Å². The normalized spacial score (nSPS) is 13.1. The zero-order valence-electron chi connectivity index (χ0n) is 32.5. The second-order valence-corrected chi connectivity index (χ2v) is 16.0. The Kier molecular flexibility index (Phi) is 7.20. The van der Waals surface area contributed by atoms with Crippen molar-refractivity contribution in [2.45, 2.75) is 19.3 Å². The second-order valence-electron chi connectivity index (χ2n) is 16.0. The third-order valence-corrected chi connectivity index (χ3v) is 12.3. The van der Waals surface area contributed by atoms with Gasteiger partial charge in [-0.2, -0.15) is 0 Å². The maximum atomic E-state index is 6.55. The van der Waals surface area contributed by atoms with E-state index in [1.807, 2.05) is 24.3 Å². The van der Waals surface area contributed by atoms with Crippen molar-refractivity contribution in [2.75, 3.05) is 0 Å². The van der Waals surface area contributed by atoms with Crippen LogP contribution < -0.4 is 0 Å². The number of benzene rings is 8. The lowest BCUT2D eigenvalue weighted by atomic mass is 9.82. The molecular weight excluding hydrogens is 721 g/mol. The number of hydrogen-bond acceptors (Lipinski definition) is 4. The van der Waals surface area contributed by atoms with Gasteiger partial charge in [0.15, 0.2) is 17.5 Å². The summed E-state index contributed by atoms with van der Waals surface area (Å²) >= 11 is 0. The predicted molar refractivity (Wildman–Crippen MR) is 241 cm³/mol. The zero-order valence-corrected chi connectivity index (χ0v) is 32.5. The van der Waals surface area contributed by atoms with Crippen LogP contribution in [-0.4, -0.2) is 19.5 Å². The summed E-state index contributed by atoms with van der Waals surface area (Å²) in [7, 11) is 0. The molecular formula is C54H36N4O. The zero-order chi connectivity index (χ0) is 39.2. The van der Waals surface area contributed by atoms with Gasteiger partial charge in [-0.1, -0.05) is 147 Å². The van der Waals surface area contributed by atoms with Crippen LogP contribution in [0.4, 0.5) is 0 Å². The molecule has 0 radical (unpaired) electrons. The van der Waals surface area contributed by atoms with E-state index < -0.39 is 0 Å². The van der Waals surface area contributed by atoms with Gasteiger partial charge in [0.1, 0.15) is 11.2 Å². The third kappa shape index (κ3) is 5.14. The van der Waals surface area contributed by atoms with Crippen LogP contribution in [-0.2, 0) is 5.41 Å². The highest BCUT2D eigenvalue weighted by Crippen LogP contribution is 2.49. The predicted octanol–water partition coefficient (Wildman–Crippen LogP) is 13.8. The summed E-state index contributed by atoms with van der Waals surface area (Å²) in [5, 5.41) is 4.47. The van der Waals surface area contributed by atoms with Gasteiger partial charge in [0.25, 0.3) is 0 Å². The Morgan fingerprint density at radius 3 is 1.83 bits per heavy atom. The molecule has 0 amide bonds. The number of fused-ring (bicyclic) bond motifs is 9. The standard InChI is InChI=1S/C54H36N4O/c1-54(2)45-22-11-9-18-39(45)40-27-24-36(31-46(40)54)53-56-51(34-16-7-4-8-17-34)55-52(57-53)35-25-28-48-43(30-35)41-19-10-12-23-47(41)58(48)37-26-29-49-44(32-37)42-21-13-20-38(50(42)59-49)33-14-5-3-6-15-33/h3-32H,1-2H3. The number of nitrogens with zero attached hydrogens (tertiary/aromatic N) is 4. The SMILES string of the molecule is CC1(C)c2ccccc2-c2ccc(-c3nc(-c4ccccc4)nc(-c4ccc5c(c4)c4ccccc4n5-c4ccc5oc6c(-c7ccccc7)cccc6c5c4)n3)cc21. The molecule has 0 N–H and O–H groups in total. The fraction of sp³-hybridized carbons (Fsp3) is 0.0556. The van der Waals surface area contributed by atoms with E-state index in [1.54, 1.807) is 0 Å². The van der Waals surface area contributed by atoms with Crippen molar-refractivity contribution in [1.82, 2.24) is 19.5 Å². The third-order valence-electron chi connectivity index (χ3n) is 12.3. The Morgan fingerprint density at radius 1 is 0.407 bits per heavy atom. The fourth-order valence-corrected chi connectivity index (χ4v) is 9.35. The van der Waals surface area contributed by atoms with Crippen LogP contribution in [0.15, 0.2) is 186 Å². The van der Waals surface area contributed by atoms with Crippen LogP contribution >= 0.6 is 0 Å². The average Bonchev–Trinajstić information content (AvgIpc) is 3.91. The van der Waals surface area contributed by atoms with E-state index in [9.17, 15) is 0 Å². The molecule has 0 bridgehead atoms. The van der Waals surface area contributed by atoms with E-state index >= 15 is 0 Å². The maximum absolute atomic E-state index is 6.55. The number of furan rings is 1. The summed E-state index contributed by atoms with van der Waals surface area (Å²) in [6.07, 6.45) is 0. The minimum absolute atomic E-state index is 0.139. The first-order valence-corrected chi connectivity index (χ1v) is 20.1. The highest BCUT2D eigenvalue weighted by molar-refractivity contribution is 6.12. The second kappa shape index (κ2) is 12.7. The molecule has 0 unspecified atom stereocenters. The van der Waals surface area contributed by atoms with E-state index in [1.165, 1.54) is 22.3 Å². The molecule has 5 nitrogen and oxygen atoms in total. The van der Waals surface area contributed by atoms with Crippen LogP contribution in [0.5, 0.6) is 0 Å². The van der Waals surface area contributed by atoms with Crippen LogP contribution in [0.3, 0.4) is 0 Å². The molecule has 0 saturated heterocycles. The lowest BCUT2D eigenvalue weighted by Crippen LogP contribution is -2.15. The van der Waals surface area contributed by atoms with E-state index in [2.05, 4.69) is 176 Å². The van der Waals surface area contributed by atoms with Gasteiger partial charge >= 0.3 is 0 Å². The molecule has 0 saturated carbocycles. The van der Waals surface area contributed by atoms with E-state index in [-0.39, 0.29) is 5.41 Å². The smallest absolute Gasteiger partial charge is 0.164 e. The van der Waals surface area contributed by atoms with Crippen molar-refractivity contribution in [3.05, 3.63) is 193 Å². The van der Waals surface area contributed by atoms with Crippen LogP contribution in [0.25, 0.3) is 106 Å². The van der Waals surface area contributed by atoms with Crippen LogP contribution in [0.2, 0.25) is 0 Å². The minimum atomic E-state index is -0.139. The molecule has 11 aromatic rings. The van der Waals surface area contributed by atoms with Crippen molar-refractivity contribution in [2.24, 2.45) is 0 Å². The topological polar surface area (TPSA) is 56.7 Å². The highest BCUT2D eigenvalue weighted by atomic mass is 16.3. The maximum Gasteiger partial charge on any atom is 0.164 e. The molecule has 59 heavy (non-hydrogen) atoms. The molecule has 12 rings (SSSR count). The fourth-order valence-electron chi connectivity index (χ4n) is 9.35. The molecule has 0 fully saturated rings. The van der Waals surface area contributed by atoms with Crippen LogP contribution in [0.1, 0.15) is 25.0 Å². The largest absolute Gasteiger partial charge is 0.455 e. The van der Waals surface area contributed by atoms with Crippen molar-refractivity contribution in [1.29, 1.82) is 0 Å². The first-order valence-electron chi connectivity index (χ1n) is 20.1. The molecule has 1 aliphatic carbocycles. The lowest BCUT2D eigenvalue weighted by Gasteiger charge is -2.21. The quantitative estimate of drug-likeness (QED) is 0.175. The van der Waals surface area contributed by atoms with Gasteiger partial charge in [0.2, 0.25) is 0 Å². The molecule has 3 heterocycles. The Bertz CT molecular complexity index is 3470. The number of hydrogen-bond donors (Lipinski definition) is 0. The summed E-state index contributed by atoms with van der Waals surface area (Å²) in [5.74, 6) is 1.94. The van der Waals surface area contributed by atoms with Gasteiger partial charge in [-0.05, 0) is 76.3 Å². The van der Waals surface area contributed by atoms with Crippen molar-refractivity contribution in [3.8, 4) is 62.1 Å². The Morgan fingerprint density at radius 2 is 1.02 bits per heavy atom. The Hall–Kier alpha value is -7.63. The molecule has 0 aliphatic heterocycles. The van der Waals surface area contributed by atoms with Gasteiger partial charge in [-0.15, -0.1) is 0 Å². The average molecular weight is 757 g/mol. The first kappa shape index (κ1) is 33.5. The molecule has 0 spiro atoms. The Labute approximate surface area is 340 Å². The molecule has 0 atom stereocenters. The number of para-hydroxylation sites is 2. The van der Waals surface area contributed by atoms with Gasteiger partial charge in [-0.3, -0.25) is 0 Å². The highest BCUT2D eigenvalue weighted by Gasteiger charge is 2.35. The van der Waals surface area contributed by atoms with Crippen LogP contribution in [0, 0.1) is 0 Å². The summed E-state index contributed by atoms with van der Waals surface area (Å²) in [6.45, 7) is 4.61. The van der Waals surface area contributed by atoms with Gasteiger partial charge in [0.05, 0.1) is 11.0 Å². The molecule has 3 aromatic heterocycles. The van der Waals surface area contributed by atoms with Crippen molar-refractivity contribution < 1.29 is 4.42 Å². The van der Waals surface area contributed by atoms with Crippen molar-refractivity contribution >= 4 is 43.7 Å².